The van der Waals surface area contributed by atoms with Crippen LogP contribution in [-0.2, 0) is 21.1 Å². The molecule has 2 aromatic carbocycles. The Morgan fingerprint density at radius 1 is 1.19 bits per heavy atom. The van der Waals surface area contributed by atoms with Crippen LogP contribution in [0.1, 0.15) is 5.56 Å². The van der Waals surface area contributed by atoms with E-state index < -0.39 is 0 Å². The summed E-state index contributed by atoms with van der Waals surface area (Å²) in [5.74, 6) is 0.646. The predicted octanol–water partition coefficient (Wildman–Crippen LogP) is 4.46. The molecule has 1 aromatic heterocycles. The van der Waals surface area contributed by atoms with Crippen molar-refractivity contribution in [1.82, 2.24) is 4.98 Å². The molecule has 0 aliphatic rings. The molecule has 4 nitrogen and oxygen atoms in total. The summed E-state index contributed by atoms with van der Waals surface area (Å²) in [6.45, 7) is 1.83. The van der Waals surface area contributed by atoms with E-state index in [-0.39, 0.29) is 26.8 Å². The maximum absolute atomic E-state index is 10.2. The number of rotatable bonds is 2. The maximum atomic E-state index is 10.2. The number of hydrogen-bond donors (Lipinski definition) is 1. The van der Waals surface area contributed by atoms with Crippen molar-refractivity contribution in [3.05, 3.63) is 60.3 Å². The van der Waals surface area contributed by atoms with Gasteiger partial charge in [-0.1, -0.05) is 11.5 Å². The zero-order valence-electron chi connectivity index (χ0n) is 11.3. The van der Waals surface area contributed by atoms with Crippen LogP contribution in [0.3, 0.4) is 0 Å². The normalized spacial score (nSPS) is 10.7. The van der Waals surface area contributed by atoms with E-state index in [1.807, 2.05) is 37.3 Å². The minimum Gasteiger partial charge on any atom is -0.505 e. The van der Waals surface area contributed by atoms with Crippen molar-refractivity contribution in [1.29, 1.82) is 0 Å². The number of azo groups is 1. The molecule has 0 saturated carbocycles. The van der Waals surface area contributed by atoms with E-state index in [0.717, 1.165) is 16.3 Å². The summed E-state index contributed by atoms with van der Waals surface area (Å²) in [6, 6.07) is 15.8. The van der Waals surface area contributed by atoms with Crippen LogP contribution in [0.5, 0.6) is 5.75 Å². The molecule has 0 aliphatic heterocycles. The minimum absolute atomic E-state index is 0. The first-order valence-electron chi connectivity index (χ1n) is 6.21. The Hall–Kier alpha value is -2.06. The van der Waals surface area contributed by atoms with Crippen LogP contribution < -0.4 is 0 Å². The van der Waals surface area contributed by atoms with Crippen LogP contribution in [0.25, 0.3) is 10.8 Å². The first-order chi connectivity index (χ1) is 9.75. The van der Waals surface area contributed by atoms with E-state index in [4.69, 9.17) is 0 Å². The number of hydrogen-bond acceptors (Lipinski definition) is 4. The molecule has 104 valence electrons. The molecule has 0 bridgehead atoms. The van der Waals surface area contributed by atoms with Crippen LogP contribution in [-0.4, -0.2) is 10.1 Å². The number of nitrogens with zero attached hydrogens (tertiary/aromatic N) is 3. The first-order valence-corrected chi connectivity index (χ1v) is 6.21. The molecule has 0 aliphatic carbocycles. The van der Waals surface area contributed by atoms with Crippen molar-refractivity contribution in [2.75, 3.05) is 0 Å². The molecule has 0 radical (unpaired) electrons. The Bertz CT molecular complexity index is 788. The third-order valence-electron chi connectivity index (χ3n) is 3.02. The second-order valence-corrected chi connectivity index (χ2v) is 4.43. The SMILES string of the molecule is Cc1cc2c[c-]ccc2c(N=Nc2ccccn2)c1O.[W]. The summed E-state index contributed by atoms with van der Waals surface area (Å²) in [6.07, 6.45) is 1.65. The standard InChI is InChI=1S/C16H12N3O.W/c1-11-10-12-6-2-3-7-13(12)15(16(11)20)19-18-14-8-4-5-9-17-14;/h3-10,20H,1H3;/q-1;. The number of aromatic hydroxyl groups is 1. The summed E-state index contributed by atoms with van der Waals surface area (Å²) < 4.78 is 0. The van der Waals surface area contributed by atoms with E-state index in [1.165, 1.54) is 0 Å². The average Bonchev–Trinajstić information content (AvgIpc) is 2.49. The smallest absolute Gasteiger partial charge is 0.174 e. The van der Waals surface area contributed by atoms with Crippen LogP contribution in [0.4, 0.5) is 11.5 Å². The van der Waals surface area contributed by atoms with Crippen molar-refractivity contribution >= 4 is 22.3 Å². The number of phenols is 1. The zero-order valence-corrected chi connectivity index (χ0v) is 14.2. The zero-order chi connectivity index (χ0) is 13.9. The minimum atomic E-state index is 0. The molecule has 1 heterocycles. The van der Waals surface area contributed by atoms with E-state index in [0.29, 0.717) is 11.5 Å². The number of aryl methyl sites for hydroxylation is 1. The summed E-state index contributed by atoms with van der Waals surface area (Å²) >= 11 is 0. The summed E-state index contributed by atoms with van der Waals surface area (Å²) in [5, 5.41) is 20.2. The van der Waals surface area contributed by atoms with Crippen LogP contribution in [0, 0.1) is 13.0 Å². The Labute approximate surface area is 136 Å². The van der Waals surface area contributed by atoms with Gasteiger partial charge >= 0.3 is 0 Å². The van der Waals surface area contributed by atoms with Crippen molar-refractivity contribution in [3.63, 3.8) is 0 Å². The molecule has 0 saturated heterocycles. The van der Waals surface area contributed by atoms with Gasteiger partial charge in [0.15, 0.2) is 5.82 Å². The molecule has 5 heteroatoms. The number of phenolic OH excluding ortho intramolecular Hbond substituents is 1. The van der Waals surface area contributed by atoms with Gasteiger partial charge in [-0.3, -0.25) is 0 Å². The van der Waals surface area contributed by atoms with E-state index in [1.54, 1.807) is 18.3 Å². The predicted molar refractivity (Wildman–Crippen MR) is 77.6 cm³/mol. The van der Waals surface area contributed by atoms with Gasteiger partial charge in [0.25, 0.3) is 0 Å². The summed E-state index contributed by atoms with van der Waals surface area (Å²) in [5.41, 5.74) is 1.21. The topological polar surface area (TPSA) is 57.8 Å². The fraction of sp³-hybridized carbons (Fsp3) is 0.0625. The van der Waals surface area contributed by atoms with Gasteiger partial charge in [0.2, 0.25) is 0 Å². The van der Waals surface area contributed by atoms with Crippen molar-refractivity contribution in [2.24, 2.45) is 10.2 Å². The van der Waals surface area contributed by atoms with E-state index in [2.05, 4.69) is 21.3 Å². The van der Waals surface area contributed by atoms with E-state index in [9.17, 15) is 5.11 Å². The fourth-order valence-corrected chi connectivity index (χ4v) is 2.01. The Kier molecular flexibility index (Phi) is 4.81. The Balaban J connectivity index is 0.00000161. The summed E-state index contributed by atoms with van der Waals surface area (Å²) in [7, 11) is 0. The van der Waals surface area contributed by atoms with Crippen molar-refractivity contribution < 1.29 is 26.2 Å². The quantitative estimate of drug-likeness (QED) is 0.467. The molecular weight excluding hydrogens is 434 g/mol. The molecule has 3 rings (SSSR count). The molecule has 1 N–H and O–H groups in total. The van der Waals surface area contributed by atoms with Gasteiger partial charge in [0.05, 0.1) is 0 Å². The summed E-state index contributed by atoms with van der Waals surface area (Å²) in [4.78, 5) is 4.08. The van der Waals surface area contributed by atoms with E-state index >= 15 is 0 Å². The maximum Gasteiger partial charge on any atom is 0.174 e. The van der Waals surface area contributed by atoms with Crippen LogP contribution in [0.2, 0.25) is 0 Å². The van der Waals surface area contributed by atoms with Crippen molar-refractivity contribution in [3.8, 4) is 5.75 Å². The largest absolute Gasteiger partial charge is 0.505 e. The average molecular weight is 446 g/mol. The van der Waals surface area contributed by atoms with Gasteiger partial charge in [-0.2, -0.15) is 24.3 Å². The molecule has 0 unspecified atom stereocenters. The molecule has 3 aromatic rings. The van der Waals surface area contributed by atoms with Crippen LogP contribution in [0.15, 0.2) is 58.9 Å². The fourth-order valence-electron chi connectivity index (χ4n) is 2.01. The molecule has 0 amide bonds. The van der Waals surface area contributed by atoms with Gasteiger partial charge in [-0.05, 0) is 24.6 Å². The molecule has 0 spiro atoms. The van der Waals surface area contributed by atoms with Crippen molar-refractivity contribution in [2.45, 2.75) is 6.92 Å². The van der Waals surface area contributed by atoms with Gasteiger partial charge in [0.1, 0.15) is 11.4 Å². The monoisotopic (exact) mass is 446 g/mol. The third-order valence-corrected chi connectivity index (χ3v) is 3.02. The van der Waals surface area contributed by atoms with Gasteiger partial charge in [-0.15, -0.1) is 21.7 Å². The first kappa shape index (κ1) is 15.3. The molecule has 21 heavy (non-hydrogen) atoms. The Morgan fingerprint density at radius 3 is 2.81 bits per heavy atom. The van der Waals surface area contributed by atoms with Gasteiger partial charge in [0, 0.05) is 27.3 Å². The third kappa shape index (κ3) is 3.17. The molecule has 0 atom stereocenters. The van der Waals surface area contributed by atoms with Gasteiger partial charge in [-0.25, -0.2) is 4.98 Å². The Morgan fingerprint density at radius 2 is 2.05 bits per heavy atom. The number of aromatic nitrogens is 1. The number of fused-ring (bicyclic) bond motifs is 1. The second kappa shape index (κ2) is 6.59. The second-order valence-electron chi connectivity index (χ2n) is 4.43. The molecular formula is C16H12N3OW-. The number of pyridine rings is 1. The van der Waals surface area contributed by atoms with Gasteiger partial charge < -0.3 is 5.11 Å². The molecule has 0 fully saturated rings. The van der Waals surface area contributed by atoms with Crippen LogP contribution >= 0.6 is 0 Å². The number of benzene rings is 2.